The first-order valence-electron chi connectivity index (χ1n) is 5.06. The van der Waals surface area contributed by atoms with Crippen LogP contribution in [0.1, 0.15) is 5.56 Å². The molecule has 1 aromatic carbocycles. The Balaban J connectivity index is 2.63. The molecule has 0 aliphatic carbocycles. The third-order valence-electron chi connectivity index (χ3n) is 2.43. The number of benzene rings is 1. The number of hydrogen-bond acceptors (Lipinski definition) is 3. The molecule has 0 fully saturated rings. The third-order valence-corrected chi connectivity index (χ3v) is 2.43. The summed E-state index contributed by atoms with van der Waals surface area (Å²) < 4.78 is 0. The molecule has 2 aromatic rings. The molecule has 2 N–H and O–H groups in total. The summed E-state index contributed by atoms with van der Waals surface area (Å²) in [7, 11) is 3.84. The van der Waals surface area contributed by atoms with Gasteiger partial charge in [-0.05, 0) is 24.7 Å². The SMILES string of the molecule is CNCc1cc(NC)nc2ccccc12. The van der Waals surface area contributed by atoms with Crippen molar-refractivity contribution in [1.29, 1.82) is 0 Å². The van der Waals surface area contributed by atoms with Gasteiger partial charge in [0.15, 0.2) is 0 Å². The number of fused-ring (bicyclic) bond motifs is 1. The van der Waals surface area contributed by atoms with Crippen molar-refractivity contribution >= 4 is 16.7 Å². The highest BCUT2D eigenvalue weighted by molar-refractivity contribution is 5.83. The molecule has 0 aliphatic heterocycles. The van der Waals surface area contributed by atoms with Crippen LogP contribution in [0, 0.1) is 0 Å². The van der Waals surface area contributed by atoms with Gasteiger partial charge in [-0.1, -0.05) is 18.2 Å². The zero-order valence-electron chi connectivity index (χ0n) is 9.04. The highest BCUT2D eigenvalue weighted by Crippen LogP contribution is 2.20. The molecule has 0 bridgehead atoms. The molecule has 3 heteroatoms. The molecule has 0 saturated carbocycles. The van der Waals surface area contributed by atoms with Crippen LogP contribution in [0.4, 0.5) is 5.82 Å². The van der Waals surface area contributed by atoms with Gasteiger partial charge in [-0.2, -0.15) is 0 Å². The summed E-state index contributed by atoms with van der Waals surface area (Å²) in [5.41, 5.74) is 2.31. The van der Waals surface area contributed by atoms with Crippen molar-refractivity contribution in [2.45, 2.75) is 6.54 Å². The average Bonchev–Trinajstić information content (AvgIpc) is 2.29. The Morgan fingerprint density at radius 2 is 2.00 bits per heavy atom. The standard InChI is InChI=1S/C12H15N3/c1-13-8-9-7-12(14-2)15-11-6-4-3-5-10(9)11/h3-7,13H,8H2,1-2H3,(H,14,15). The number of para-hydroxylation sites is 1. The second-order valence-electron chi connectivity index (χ2n) is 3.46. The molecule has 15 heavy (non-hydrogen) atoms. The van der Waals surface area contributed by atoms with Gasteiger partial charge in [-0.15, -0.1) is 0 Å². The van der Waals surface area contributed by atoms with Crippen LogP contribution in [0.3, 0.4) is 0 Å². The van der Waals surface area contributed by atoms with E-state index in [0.29, 0.717) is 0 Å². The Hall–Kier alpha value is -1.61. The molecular weight excluding hydrogens is 186 g/mol. The van der Waals surface area contributed by atoms with E-state index in [1.54, 1.807) is 0 Å². The van der Waals surface area contributed by atoms with Gasteiger partial charge in [0.25, 0.3) is 0 Å². The van der Waals surface area contributed by atoms with E-state index < -0.39 is 0 Å². The van der Waals surface area contributed by atoms with Crippen LogP contribution < -0.4 is 10.6 Å². The molecular formula is C12H15N3. The lowest BCUT2D eigenvalue weighted by molar-refractivity contribution is 0.823. The Kier molecular flexibility index (Phi) is 2.83. The van der Waals surface area contributed by atoms with Crippen LogP contribution in [-0.4, -0.2) is 19.1 Å². The van der Waals surface area contributed by atoms with E-state index in [2.05, 4.69) is 27.8 Å². The maximum atomic E-state index is 4.50. The van der Waals surface area contributed by atoms with Gasteiger partial charge >= 0.3 is 0 Å². The van der Waals surface area contributed by atoms with E-state index in [4.69, 9.17) is 0 Å². The summed E-state index contributed by atoms with van der Waals surface area (Å²) in [5, 5.41) is 7.46. The first kappa shape index (κ1) is 9.93. The number of anilines is 1. The molecule has 1 heterocycles. The lowest BCUT2D eigenvalue weighted by Crippen LogP contribution is -2.07. The highest BCUT2D eigenvalue weighted by atomic mass is 15.0. The summed E-state index contributed by atoms with van der Waals surface area (Å²) in [6.45, 7) is 0.859. The van der Waals surface area contributed by atoms with Gasteiger partial charge in [0, 0.05) is 19.0 Å². The van der Waals surface area contributed by atoms with Crippen LogP contribution in [0.2, 0.25) is 0 Å². The van der Waals surface area contributed by atoms with Crippen molar-refractivity contribution in [3.8, 4) is 0 Å². The van der Waals surface area contributed by atoms with Gasteiger partial charge in [0.05, 0.1) is 5.52 Å². The molecule has 0 aliphatic rings. The second kappa shape index (κ2) is 4.28. The van der Waals surface area contributed by atoms with Crippen LogP contribution >= 0.6 is 0 Å². The molecule has 1 aromatic heterocycles. The summed E-state index contributed by atoms with van der Waals surface area (Å²) in [4.78, 5) is 4.50. The molecule has 0 unspecified atom stereocenters. The van der Waals surface area contributed by atoms with E-state index in [1.165, 1.54) is 10.9 Å². The minimum atomic E-state index is 0.859. The normalized spacial score (nSPS) is 10.5. The van der Waals surface area contributed by atoms with Crippen LogP contribution in [-0.2, 0) is 6.54 Å². The fourth-order valence-electron chi connectivity index (χ4n) is 1.71. The third kappa shape index (κ3) is 1.92. The largest absolute Gasteiger partial charge is 0.373 e. The maximum Gasteiger partial charge on any atom is 0.126 e. The van der Waals surface area contributed by atoms with Gasteiger partial charge in [-0.3, -0.25) is 0 Å². The molecule has 0 atom stereocenters. The minimum absolute atomic E-state index is 0.859. The Morgan fingerprint density at radius 3 is 2.73 bits per heavy atom. The smallest absolute Gasteiger partial charge is 0.126 e. The second-order valence-corrected chi connectivity index (χ2v) is 3.46. The molecule has 0 amide bonds. The van der Waals surface area contributed by atoms with E-state index >= 15 is 0 Å². The Bertz CT molecular complexity index is 465. The monoisotopic (exact) mass is 201 g/mol. The quantitative estimate of drug-likeness (QED) is 0.797. The first-order valence-corrected chi connectivity index (χ1v) is 5.06. The number of nitrogens with one attached hydrogen (secondary N) is 2. The van der Waals surface area contributed by atoms with Crippen molar-refractivity contribution in [2.24, 2.45) is 0 Å². The van der Waals surface area contributed by atoms with Gasteiger partial charge < -0.3 is 10.6 Å². The number of hydrogen-bond donors (Lipinski definition) is 2. The lowest BCUT2D eigenvalue weighted by atomic mass is 10.1. The molecule has 3 nitrogen and oxygen atoms in total. The van der Waals surface area contributed by atoms with E-state index in [-0.39, 0.29) is 0 Å². The van der Waals surface area contributed by atoms with Crippen molar-refractivity contribution in [2.75, 3.05) is 19.4 Å². The predicted molar refractivity (Wildman–Crippen MR) is 64.1 cm³/mol. The first-order chi connectivity index (χ1) is 7.35. The molecule has 0 spiro atoms. The Morgan fingerprint density at radius 1 is 1.20 bits per heavy atom. The topological polar surface area (TPSA) is 37.0 Å². The maximum absolute atomic E-state index is 4.50. The van der Waals surface area contributed by atoms with Crippen molar-refractivity contribution in [1.82, 2.24) is 10.3 Å². The van der Waals surface area contributed by atoms with Crippen molar-refractivity contribution < 1.29 is 0 Å². The molecule has 78 valence electrons. The van der Waals surface area contributed by atoms with Crippen LogP contribution in [0.5, 0.6) is 0 Å². The van der Waals surface area contributed by atoms with Crippen molar-refractivity contribution in [3.63, 3.8) is 0 Å². The average molecular weight is 201 g/mol. The number of pyridine rings is 1. The number of rotatable bonds is 3. The number of nitrogens with zero attached hydrogens (tertiary/aromatic N) is 1. The molecule has 0 radical (unpaired) electrons. The molecule has 2 rings (SSSR count). The van der Waals surface area contributed by atoms with E-state index in [9.17, 15) is 0 Å². The van der Waals surface area contributed by atoms with Gasteiger partial charge in [0.2, 0.25) is 0 Å². The summed E-state index contributed by atoms with van der Waals surface area (Å²) >= 11 is 0. The minimum Gasteiger partial charge on any atom is -0.373 e. The lowest BCUT2D eigenvalue weighted by Gasteiger charge is -2.08. The molecule has 0 saturated heterocycles. The van der Waals surface area contributed by atoms with Crippen LogP contribution in [0.15, 0.2) is 30.3 Å². The fourth-order valence-corrected chi connectivity index (χ4v) is 1.71. The summed E-state index contributed by atoms with van der Waals surface area (Å²) in [6.07, 6.45) is 0. The van der Waals surface area contributed by atoms with Gasteiger partial charge in [0.1, 0.15) is 5.82 Å². The van der Waals surface area contributed by atoms with E-state index in [0.717, 1.165) is 17.9 Å². The summed E-state index contributed by atoms with van der Waals surface area (Å²) in [6, 6.07) is 10.3. The van der Waals surface area contributed by atoms with Crippen LogP contribution in [0.25, 0.3) is 10.9 Å². The van der Waals surface area contributed by atoms with Crippen molar-refractivity contribution in [3.05, 3.63) is 35.9 Å². The summed E-state index contributed by atoms with van der Waals surface area (Å²) in [5.74, 6) is 0.916. The zero-order chi connectivity index (χ0) is 10.7. The number of aromatic nitrogens is 1. The van der Waals surface area contributed by atoms with Gasteiger partial charge in [-0.25, -0.2) is 4.98 Å². The fraction of sp³-hybridized carbons (Fsp3) is 0.250. The van der Waals surface area contributed by atoms with E-state index in [1.807, 2.05) is 32.3 Å². The highest BCUT2D eigenvalue weighted by Gasteiger charge is 2.03. The zero-order valence-corrected chi connectivity index (χ0v) is 9.04. The predicted octanol–water partition coefficient (Wildman–Crippen LogP) is 2.00. The Labute approximate surface area is 89.5 Å².